The predicted molar refractivity (Wildman–Crippen MR) is 80.7 cm³/mol. The molecular formula is C13H14BrF4N3O4. The van der Waals surface area contributed by atoms with Gasteiger partial charge in [0.2, 0.25) is 0 Å². The molecule has 3 N–H and O–H groups in total. The molecule has 1 aliphatic carbocycles. The fourth-order valence-electron chi connectivity index (χ4n) is 2.13. The Morgan fingerprint density at radius 1 is 1.40 bits per heavy atom. The van der Waals surface area contributed by atoms with E-state index in [9.17, 15) is 22.4 Å². The van der Waals surface area contributed by atoms with Crippen LogP contribution in [-0.2, 0) is 9.59 Å². The molecule has 25 heavy (non-hydrogen) atoms. The highest BCUT2D eigenvalue weighted by molar-refractivity contribution is 9.10. The number of hydrogen-bond acceptors (Lipinski definition) is 5. The summed E-state index contributed by atoms with van der Waals surface area (Å²) in [4.78, 5) is 27.5. The van der Waals surface area contributed by atoms with Crippen molar-refractivity contribution >= 4 is 33.7 Å². The lowest BCUT2D eigenvalue weighted by Crippen LogP contribution is -2.30. The van der Waals surface area contributed by atoms with Gasteiger partial charge in [-0.05, 0) is 35.2 Å². The fourth-order valence-corrected chi connectivity index (χ4v) is 2.50. The van der Waals surface area contributed by atoms with E-state index in [1.807, 2.05) is 0 Å². The van der Waals surface area contributed by atoms with Crippen LogP contribution in [0.15, 0.2) is 17.0 Å². The van der Waals surface area contributed by atoms with Crippen LogP contribution in [0.1, 0.15) is 19.3 Å². The lowest BCUT2D eigenvalue weighted by Gasteiger charge is -2.20. The lowest BCUT2D eigenvalue weighted by molar-refractivity contribution is -0.192. The monoisotopic (exact) mass is 431 g/mol. The Labute approximate surface area is 147 Å². The molecule has 12 heteroatoms. The van der Waals surface area contributed by atoms with Crippen LogP contribution in [0.3, 0.4) is 0 Å². The molecular weight excluding hydrogens is 418 g/mol. The minimum atomic E-state index is -5.08. The van der Waals surface area contributed by atoms with Crippen molar-refractivity contribution in [2.24, 2.45) is 5.92 Å². The molecule has 0 aromatic carbocycles. The van der Waals surface area contributed by atoms with E-state index in [-0.39, 0.29) is 19.4 Å². The minimum Gasteiger partial charge on any atom is -0.481 e. The van der Waals surface area contributed by atoms with Gasteiger partial charge in [-0.15, -0.1) is 0 Å². The normalized spacial score (nSPS) is 22.7. The summed E-state index contributed by atoms with van der Waals surface area (Å²) in [7, 11) is 0. The first-order chi connectivity index (χ1) is 11.4. The Morgan fingerprint density at radius 3 is 2.44 bits per heavy atom. The van der Waals surface area contributed by atoms with Gasteiger partial charge >= 0.3 is 18.1 Å². The highest BCUT2D eigenvalue weighted by Crippen LogP contribution is 2.38. The maximum absolute atomic E-state index is 14.4. The van der Waals surface area contributed by atoms with Crippen LogP contribution in [0.4, 0.5) is 23.4 Å². The Kier molecular flexibility index (Phi) is 7.08. The largest absolute Gasteiger partial charge is 0.490 e. The Hall–Kier alpha value is -1.98. The molecule has 0 saturated heterocycles. The number of carbonyl (C=O) groups is 2. The van der Waals surface area contributed by atoms with Crippen LogP contribution in [-0.4, -0.2) is 50.5 Å². The molecule has 0 radical (unpaired) electrons. The van der Waals surface area contributed by atoms with Crippen molar-refractivity contribution in [2.75, 3.05) is 11.9 Å². The molecule has 1 aromatic rings. The number of halogens is 5. The molecule has 1 saturated carbocycles. The molecule has 0 spiro atoms. The topological polar surface area (TPSA) is 112 Å². The van der Waals surface area contributed by atoms with Gasteiger partial charge in [-0.3, -0.25) is 4.79 Å². The summed E-state index contributed by atoms with van der Waals surface area (Å²) in [5.74, 6) is -3.74. The van der Waals surface area contributed by atoms with Crippen molar-refractivity contribution in [3.8, 4) is 0 Å². The third-order valence-electron chi connectivity index (χ3n) is 3.39. The number of rotatable bonds is 4. The second kappa shape index (κ2) is 8.41. The van der Waals surface area contributed by atoms with Crippen molar-refractivity contribution in [1.29, 1.82) is 0 Å². The molecule has 0 aliphatic heterocycles. The highest BCUT2D eigenvalue weighted by atomic mass is 79.9. The number of aromatic nitrogens is 2. The van der Waals surface area contributed by atoms with E-state index in [0.29, 0.717) is 16.7 Å². The lowest BCUT2D eigenvalue weighted by atomic mass is 10.0. The molecule has 2 rings (SSSR count). The van der Waals surface area contributed by atoms with Crippen molar-refractivity contribution in [3.63, 3.8) is 0 Å². The molecule has 140 valence electrons. The minimum absolute atomic E-state index is 0.0536. The van der Waals surface area contributed by atoms with Crippen LogP contribution >= 0.6 is 15.9 Å². The van der Waals surface area contributed by atoms with Crippen LogP contribution in [0.5, 0.6) is 0 Å². The highest BCUT2D eigenvalue weighted by Gasteiger charge is 2.42. The summed E-state index contributed by atoms with van der Waals surface area (Å²) < 4.78 is 46.7. The number of anilines is 1. The van der Waals surface area contributed by atoms with Gasteiger partial charge in [0.25, 0.3) is 0 Å². The van der Waals surface area contributed by atoms with E-state index in [0.717, 1.165) is 0 Å². The third-order valence-corrected chi connectivity index (χ3v) is 3.97. The summed E-state index contributed by atoms with van der Waals surface area (Å²) in [6.07, 6.45) is -1.45. The van der Waals surface area contributed by atoms with Crippen molar-refractivity contribution in [3.05, 3.63) is 17.0 Å². The molecule has 1 fully saturated rings. The summed E-state index contributed by atoms with van der Waals surface area (Å²) in [5.41, 5.74) is -1.48. The van der Waals surface area contributed by atoms with Gasteiger partial charge in [-0.25, -0.2) is 19.2 Å². The first-order valence-electron chi connectivity index (χ1n) is 6.86. The van der Waals surface area contributed by atoms with Gasteiger partial charge in [0.1, 0.15) is 17.8 Å². The Balaban J connectivity index is 0.000000381. The number of hydrogen-bond donors (Lipinski definition) is 3. The smallest absolute Gasteiger partial charge is 0.481 e. The summed E-state index contributed by atoms with van der Waals surface area (Å²) in [5, 5.41) is 18.9. The summed E-state index contributed by atoms with van der Waals surface area (Å²) >= 11 is 3.25. The first-order valence-corrected chi connectivity index (χ1v) is 7.65. The van der Waals surface area contributed by atoms with E-state index < -0.39 is 29.7 Å². The molecule has 0 amide bonds. The summed E-state index contributed by atoms with van der Waals surface area (Å²) in [6, 6.07) is 0. The molecule has 1 aromatic heterocycles. The molecule has 0 bridgehead atoms. The van der Waals surface area contributed by atoms with Crippen molar-refractivity contribution < 1.29 is 37.4 Å². The van der Waals surface area contributed by atoms with Crippen LogP contribution in [0.25, 0.3) is 0 Å². The standard InChI is InChI=1S/C11H13BrFN3O2.C2HF3O2/c12-8-4-14-6-16-9(8)15-5-11(13)2-1-7(3-11)10(17)18;3-2(4,5)1(6)7/h4,6-7H,1-3,5H2,(H,17,18)(H,14,15,16);(H,6,7)/t7-,11-;/m1./s1. The van der Waals surface area contributed by atoms with Gasteiger partial charge < -0.3 is 15.5 Å². The van der Waals surface area contributed by atoms with Gasteiger partial charge in [0.05, 0.1) is 16.9 Å². The average Bonchev–Trinajstić information content (AvgIpc) is 2.89. The molecule has 1 aliphatic rings. The number of carboxylic acids is 2. The second-order valence-corrected chi connectivity index (χ2v) is 6.16. The zero-order chi connectivity index (χ0) is 19.3. The zero-order valence-corrected chi connectivity index (χ0v) is 14.1. The summed E-state index contributed by atoms with van der Waals surface area (Å²) in [6.45, 7) is 0.0619. The van der Waals surface area contributed by atoms with Gasteiger partial charge in [-0.1, -0.05) is 0 Å². The number of aliphatic carboxylic acids is 2. The average molecular weight is 432 g/mol. The first kappa shape index (κ1) is 21.1. The Bertz CT molecular complexity index is 632. The van der Waals surface area contributed by atoms with Crippen LogP contribution < -0.4 is 5.32 Å². The van der Waals surface area contributed by atoms with Crippen LogP contribution in [0.2, 0.25) is 0 Å². The second-order valence-electron chi connectivity index (χ2n) is 5.30. The number of alkyl halides is 4. The fraction of sp³-hybridized carbons (Fsp3) is 0.538. The number of nitrogens with zero attached hydrogens (tertiary/aromatic N) is 2. The van der Waals surface area contributed by atoms with Gasteiger partial charge in [0.15, 0.2) is 0 Å². The number of carboxylic acid groups (broad SMARTS) is 2. The van der Waals surface area contributed by atoms with Crippen LogP contribution in [0, 0.1) is 5.92 Å². The molecule has 7 nitrogen and oxygen atoms in total. The third kappa shape index (κ3) is 6.80. The maximum Gasteiger partial charge on any atom is 0.490 e. The van der Waals surface area contributed by atoms with Crippen molar-refractivity contribution in [2.45, 2.75) is 31.1 Å². The molecule has 1 heterocycles. The van der Waals surface area contributed by atoms with E-state index >= 15 is 0 Å². The van der Waals surface area contributed by atoms with Gasteiger partial charge in [-0.2, -0.15) is 13.2 Å². The van der Waals surface area contributed by atoms with Crippen molar-refractivity contribution in [1.82, 2.24) is 9.97 Å². The SMILES string of the molecule is O=C(O)C(F)(F)F.O=C(O)[C@@H]1CC[C@](F)(CNc2ncncc2Br)C1. The van der Waals surface area contributed by atoms with E-state index in [4.69, 9.17) is 15.0 Å². The zero-order valence-electron chi connectivity index (χ0n) is 12.6. The van der Waals surface area contributed by atoms with E-state index in [2.05, 4.69) is 31.2 Å². The van der Waals surface area contributed by atoms with Gasteiger partial charge in [0, 0.05) is 6.20 Å². The molecule has 0 unspecified atom stereocenters. The van der Waals surface area contributed by atoms with E-state index in [1.54, 1.807) is 6.20 Å². The quantitative estimate of drug-likeness (QED) is 0.628. The van der Waals surface area contributed by atoms with E-state index in [1.165, 1.54) is 6.33 Å². The Morgan fingerprint density at radius 2 is 2.00 bits per heavy atom. The predicted octanol–water partition coefficient (Wildman–Crippen LogP) is 2.88. The molecule has 2 atom stereocenters. The maximum atomic E-state index is 14.4. The number of nitrogens with one attached hydrogen (secondary N) is 1.